The van der Waals surface area contributed by atoms with Crippen LogP contribution in [0.15, 0.2) is 22.9 Å². The van der Waals surface area contributed by atoms with Crippen LogP contribution in [0.1, 0.15) is 19.4 Å². The topological polar surface area (TPSA) is 22.1 Å². The van der Waals surface area contributed by atoms with Crippen molar-refractivity contribution in [2.24, 2.45) is 5.92 Å². The molecule has 3 heteroatoms. The second-order valence-corrected chi connectivity index (χ2v) is 4.34. The Kier molecular flexibility index (Phi) is 4.39. The molecule has 0 radical (unpaired) electrons. The summed E-state index contributed by atoms with van der Waals surface area (Å²) in [7, 11) is 0. The molecule has 0 aromatic carbocycles. The fourth-order valence-corrected chi connectivity index (χ4v) is 1.36. The number of aromatic nitrogens is 1. The standard InChI is InChI=1S/C10H14BrNO/c1-8(2)6-13-7-9-3-10(11)5-12-4-9/h3-5,8H,6-7H2,1-2H3. The zero-order valence-electron chi connectivity index (χ0n) is 7.96. The Morgan fingerprint density at radius 2 is 2.23 bits per heavy atom. The first kappa shape index (κ1) is 10.7. The van der Waals surface area contributed by atoms with E-state index >= 15 is 0 Å². The SMILES string of the molecule is CC(C)COCc1cncc(Br)c1. The molecule has 0 atom stereocenters. The second kappa shape index (κ2) is 5.35. The maximum atomic E-state index is 5.48. The molecule has 72 valence electrons. The highest BCUT2D eigenvalue weighted by molar-refractivity contribution is 9.10. The molecule has 0 aliphatic heterocycles. The van der Waals surface area contributed by atoms with Crippen LogP contribution in [0, 0.1) is 5.92 Å². The van der Waals surface area contributed by atoms with Crippen molar-refractivity contribution in [1.82, 2.24) is 4.98 Å². The van der Waals surface area contributed by atoms with Crippen molar-refractivity contribution in [3.05, 3.63) is 28.5 Å². The number of ether oxygens (including phenoxy) is 1. The smallest absolute Gasteiger partial charge is 0.0732 e. The largest absolute Gasteiger partial charge is 0.376 e. The Morgan fingerprint density at radius 1 is 1.46 bits per heavy atom. The van der Waals surface area contributed by atoms with Gasteiger partial charge in [0.1, 0.15) is 0 Å². The van der Waals surface area contributed by atoms with Crippen LogP contribution in [-0.4, -0.2) is 11.6 Å². The van der Waals surface area contributed by atoms with Gasteiger partial charge in [-0.25, -0.2) is 0 Å². The van der Waals surface area contributed by atoms with Gasteiger partial charge in [0, 0.05) is 23.5 Å². The highest BCUT2D eigenvalue weighted by Crippen LogP contribution is 2.10. The third kappa shape index (κ3) is 4.39. The summed E-state index contributed by atoms with van der Waals surface area (Å²) < 4.78 is 6.47. The van der Waals surface area contributed by atoms with E-state index in [1.54, 1.807) is 6.20 Å². The summed E-state index contributed by atoms with van der Waals surface area (Å²) in [5, 5.41) is 0. The van der Waals surface area contributed by atoms with E-state index in [0.717, 1.165) is 16.6 Å². The third-order valence-electron chi connectivity index (χ3n) is 1.48. The Labute approximate surface area is 87.5 Å². The minimum atomic E-state index is 0.583. The number of hydrogen-bond donors (Lipinski definition) is 0. The van der Waals surface area contributed by atoms with Crippen molar-refractivity contribution in [3.8, 4) is 0 Å². The van der Waals surface area contributed by atoms with Gasteiger partial charge in [0.25, 0.3) is 0 Å². The van der Waals surface area contributed by atoms with Crippen LogP contribution >= 0.6 is 15.9 Å². The van der Waals surface area contributed by atoms with E-state index in [1.165, 1.54) is 0 Å². The second-order valence-electron chi connectivity index (χ2n) is 3.42. The number of rotatable bonds is 4. The van der Waals surface area contributed by atoms with Gasteiger partial charge in [-0.3, -0.25) is 4.98 Å². The zero-order valence-corrected chi connectivity index (χ0v) is 9.54. The molecule has 13 heavy (non-hydrogen) atoms. The van der Waals surface area contributed by atoms with E-state index in [0.29, 0.717) is 12.5 Å². The number of halogens is 1. The molecule has 0 spiro atoms. The number of hydrogen-bond acceptors (Lipinski definition) is 2. The lowest BCUT2D eigenvalue weighted by Crippen LogP contribution is -2.01. The molecule has 1 aromatic rings. The molecule has 1 aromatic heterocycles. The molecule has 1 heterocycles. The van der Waals surface area contributed by atoms with Crippen LogP contribution in [0.3, 0.4) is 0 Å². The van der Waals surface area contributed by atoms with Gasteiger partial charge < -0.3 is 4.74 Å². The van der Waals surface area contributed by atoms with Crippen molar-refractivity contribution < 1.29 is 4.74 Å². The molecule has 0 aliphatic rings. The molecular formula is C10H14BrNO. The predicted octanol–water partition coefficient (Wildman–Crippen LogP) is 3.02. The van der Waals surface area contributed by atoms with Gasteiger partial charge >= 0.3 is 0 Å². The van der Waals surface area contributed by atoms with Crippen LogP contribution in [0.4, 0.5) is 0 Å². The number of nitrogens with zero attached hydrogens (tertiary/aromatic N) is 1. The molecule has 0 aliphatic carbocycles. The van der Waals surface area contributed by atoms with Crippen LogP contribution in [0.25, 0.3) is 0 Å². The van der Waals surface area contributed by atoms with Crippen LogP contribution in [-0.2, 0) is 11.3 Å². The van der Waals surface area contributed by atoms with Gasteiger partial charge in [-0.15, -0.1) is 0 Å². The molecule has 1 rings (SSSR count). The maximum Gasteiger partial charge on any atom is 0.0732 e. The van der Waals surface area contributed by atoms with E-state index in [4.69, 9.17) is 4.74 Å². The van der Waals surface area contributed by atoms with Gasteiger partial charge in [-0.1, -0.05) is 13.8 Å². The lowest BCUT2D eigenvalue weighted by molar-refractivity contribution is 0.0969. The molecule has 0 unspecified atom stereocenters. The van der Waals surface area contributed by atoms with E-state index in [-0.39, 0.29) is 0 Å². The minimum absolute atomic E-state index is 0.583. The van der Waals surface area contributed by atoms with E-state index < -0.39 is 0 Å². The van der Waals surface area contributed by atoms with Gasteiger partial charge in [0.2, 0.25) is 0 Å². The summed E-state index contributed by atoms with van der Waals surface area (Å²) in [5.41, 5.74) is 1.11. The maximum absolute atomic E-state index is 5.48. The lowest BCUT2D eigenvalue weighted by atomic mass is 10.2. The lowest BCUT2D eigenvalue weighted by Gasteiger charge is -2.06. The highest BCUT2D eigenvalue weighted by Gasteiger charge is 1.97. The van der Waals surface area contributed by atoms with Crippen LogP contribution in [0.5, 0.6) is 0 Å². The molecule has 0 bridgehead atoms. The zero-order chi connectivity index (χ0) is 9.68. The first-order valence-corrected chi connectivity index (χ1v) is 5.15. The average Bonchev–Trinajstić information content (AvgIpc) is 2.03. The summed E-state index contributed by atoms with van der Waals surface area (Å²) in [4.78, 5) is 4.06. The van der Waals surface area contributed by atoms with Crippen molar-refractivity contribution in [1.29, 1.82) is 0 Å². The number of pyridine rings is 1. The molecular weight excluding hydrogens is 230 g/mol. The Balaban J connectivity index is 2.37. The Hall–Kier alpha value is -0.410. The Morgan fingerprint density at radius 3 is 2.85 bits per heavy atom. The highest BCUT2D eigenvalue weighted by atomic mass is 79.9. The summed E-state index contributed by atoms with van der Waals surface area (Å²) in [5.74, 6) is 0.583. The van der Waals surface area contributed by atoms with Gasteiger partial charge in [0.05, 0.1) is 6.61 Å². The average molecular weight is 244 g/mol. The molecule has 0 saturated heterocycles. The molecule has 0 fully saturated rings. The summed E-state index contributed by atoms with van der Waals surface area (Å²) >= 11 is 3.36. The van der Waals surface area contributed by atoms with Gasteiger partial charge in [-0.2, -0.15) is 0 Å². The molecule has 2 nitrogen and oxygen atoms in total. The van der Waals surface area contributed by atoms with Crippen molar-refractivity contribution in [2.75, 3.05) is 6.61 Å². The summed E-state index contributed by atoms with van der Waals surface area (Å²) in [6, 6.07) is 2.02. The van der Waals surface area contributed by atoms with Gasteiger partial charge in [-0.05, 0) is 33.5 Å². The fraction of sp³-hybridized carbons (Fsp3) is 0.500. The fourth-order valence-electron chi connectivity index (χ4n) is 0.947. The molecule has 0 amide bonds. The normalized spacial score (nSPS) is 10.8. The van der Waals surface area contributed by atoms with Crippen LogP contribution in [0.2, 0.25) is 0 Å². The molecule has 0 N–H and O–H groups in total. The van der Waals surface area contributed by atoms with E-state index in [9.17, 15) is 0 Å². The predicted molar refractivity (Wildman–Crippen MR) is 56.4 cm³/mol. The van der Waals surface area contributed by atoms with Gasteiger partial charge in [0.15, 0.2) is 0 Å². The first-order valence-electron chi connectivity index (χ1n) is 4.35. The summed E-state index contributed by atoms with van der Waals surface area (Å²) in [6.45, 7) is 5.72. The summed E-state index contributed by atoms with van der Waals surface area (Å²) in [6.07, 6.45) is 3.59. The third-order valence-corrected chi connectivity index (χ3v) is 1.92. The van der Waals surface area contributed by atoms with Crippen molar-refractivity contribution in [3.63, 3.8) is 0 Å². The minimum Gasteiger partial charge on any atom is -0.376 e. The van der Waals surface area contributed by atoms with Crippen LogP contribution < -0.4 is 0 Å². The first-order chi connectivity index (χ1) is 6.18. The monoisotopic (exact) mass is 243 g/mol. The van der Waals surface area contributed by atoms with E-state index in [2.05, 4.69) is 34.8 Å². The quantitative estimate of drug-likeness (QED) is 0.812. The van der Waals surface area contributed by atoms with E-state index in [1.807, 2.05) is 12.3 Å². The van der Waals surface area contributed by atoms with Crippen molar-refractivity contribution in [2.45, 2.75) is 20.5 Å². The Bertz CT molecular complexity index is 263. The molecule has 0 saturated carbocycles. The van der Waals surface area contributed by atoms with Crippen molar-refractivity contribution >= 4 is 15.9 Å².